The Kier molecular flexibility index (Phi) is 7.69. The number of rotatable bonds is 10. The van der Waals surface area contributed by atoms with Gasteiger partial charge in [0.15, 0.2) is 6.61 Å². The lowest BCUT2D eigenvalue weighted by atomic mass is 9.88. The van der Waals surface area contributed by atoms with Crippen molar-refractivity contribution in [1.29, 1.82) is 0 Å². The second-order valence-electron chi connectivity index (χ2n) is 6.97. The summed E-state index contributed by atoms with van der Waals surface area (Å²) in [7, 11) is 0. The summed E-state index contributed by atoms with van der Waals surface area (Å²) < 4.78 is 17.7. The lowest BCUT2D eigenvalue weighted by Gasteiger charge is -2.25. The number of ether oxygens (including phenoxy) is 1. The highest BCUT2D eigenvalue weighted by molar-refractivity contribution is 6.08. The number of hydrogen-bond donors (Lipinski definition) is 2. The zero-order chi connectivity index (χ0) is 21.4. The predicted octanol–water partition coefficient (Wildman–Crippen LogP) is 1.88. The van der Waals surface area contributed by atoms with E-state index in [1.807, 2.05) is 13.8 Å². The number of amides is 4. The van der Waals surface area contributed by atoms with Crippen molar-refractivity contribution in [2.45, 2.75) is 51.6 Å². The number of nitrogens with one attached hydrogen (secondary N) is 2. The number of benzene rings is 1. The highest BCUT2D eigenvalue weighted by Gasteiger charge is 2.50. The number of esters is 1. The van der Waals surface area contributed by atoms with Gasteiger partial charge in [0.25, 0.3) is 11.8 Å². The summed E-state index contributed by atoms with van der Waals surface area (Å²) in [6.07, 6.45) is 2.39. The molecule has 0 radical (unpaired) electrons. The van der Waals surface area contributed by atoms with E-state index in [0.717, 1.165) is 4.90 Å². The van der Waals surface area contributed by atoms with Crippen molar-refractivity contribution in [3.05, 3.63) is 35.6 Å². The SMILES string of the molecule is CCCC1(CCC)NC(=O)N(CC(=O)OCC(=O)NCc2ccc(F)cc2)C1=O. The lowest BCUT2D eigenvalue weighted by Crippen LogP contribution is -2.47. The fraction of sp³-hybridized carbons (Fsp3) is 0.500. The second-order valence-corrected chi connectivity index (χ2v) is 6.97. The van der Waals surface area contributed by atoms with Crippen LogP contribution in [0, 0.1) is 5.82 Å². The van der Waals surface area contributed by atoms with E-state index in [9.17, 15) is 23.6 Å². The maximum atomic E-state index is 12.9. The van der Waals surface area contributed by atoms with Crippen LogP contribution in [0.25, 0.3) is 0 Å². The van der Waals surface area contributed by atoms with Crippen LogP contribution < -0.4 is 10.6 Å². The molecule has 0 spiro atoms. The van der Waals surface area contributed by atoms with Gasteiger partial charge in [-0.05, 0) is 30.5 Å². The molecule has 1 aromatic carbocycles. The Bertz CT molecular complexity index is 760. The molecule has 29 heavy (non-hydrogen) atoms. The molecule has 8 nitrogen and oxygen atoms in total. The van der Waals surface area contributed by atoms with Gasteiger partial charge in [-0.25, -0.2) is 9.18 Å². The van der Waals surface area contributed by atoms with Crippen LogP contribution in [0.1, 0.15) is 45.1 Å². The van der Waals surface area contributed by atoms with Crippen molar-refractivity contribution in [3.63, 3.8) is 0 Å². The quantitative estimate of drug-likeness (QED) is 0.455. The van der Waals surface area contributed by atoms with Crippen molar-refractivity contribution < 1.29 is 28.3 Å². The average Bonchev–Trinajstić information content (AvgIpc) is 2.90. The third-order valence-electron chi connectivity index (χ3n) is 4.65. The first kappa shape index (κ1) is 22.3. The van der Waals surface area contributed by atoms with Gasteiger partial charge in [0.2, 0.25) is 0 Å². The van der Waals surface area contributed by atoms with Gasteiger partial charge in [-0.2, -0.15) is 0 Å². The van der Waals surface area contributed by atoms with Gasteiger partial charge < -0.3 is 15.4 Å². The minimum absolute atomic E-state index is 0.153. The van der Waals surface area contributed by atoms with E-state index in [4.69, 9.17) is 4.74 Å². The molecule has 0 aromatic heterocycles. The Morgan fingerprint density at radius 1 is 1.14 bits per heavy atom. The average molecular weight is 407 g/mol. The topological polar surface area (TPSA) is 105 Å². The van der Waals surface area contributed by atoms with Crippen molar-refractivity contribution in [1.82, 2.24) is 15.5 Å². The highest BCUT2D eigenvalue weighted by atomic mass is 19.1. The molecule has 1 heterocycles. The summed E-state index contributed by atoms with van der Waals surface area (Å²) in [6, 6.07) is 4.97. The van der Waals surface area contributed by atoms with Gasteiger partial charge in [-0.3, -0.25) is 19.3 Å². The lowest BCUT2D eigenvalue weighted by molar-refractivity contribution is -0.151. The summed E-state index contributed by atoms with van der Waals surface area (Å²) in [5.74, 6) is -2.22. The Hall–Kier alpha value is -2.97. The summed E-state index contributed by atoms with van der Waals surface area (Å²) in [5.41, 5.74) is -0.290. The van der Waals surface area contributed by atoms with E-state index >= 15 is 0 Å². The Morgan fingerprint density at radius 3 is 2.34 bits per heavy atom. The van der Waals surface area contributed by atoms with Crippen LogP contribution in [0.3, 0.4) is 0 Å². The van der Waals surface area contributed by atoms with Crippen LogP contribution in [0.5, 0.6) is 0 Å². The standard InChI is InChI=1S/C20H26FN3O5/c1-3-9-20(10-4-2)18(27)24(19(28)23-20)12-17(26)29-13-16(25)22-11-14-5-7-15(21)8-6-14/h5-8H,3-4,9-13H2,1-2H3,(H,22,25)(H,23,28). The van der Waals surface area contributed by atoms with Crippen LogP contribution >= 0.6 is 0 Å². The molecular weight excluding hydrogens is 381 g/mol. The Morgan fingerprint density at radius 2 is 1.76 bits per heavy atom. The van der Waals surface area contributed by atoms with E-state index < -0.39 is 42.5 Å². The fourth-order valence-electron chi connectivity index (χ4n) is 3.31. The molecule has 9 heteroatoms. The van der Waals surface area contributed by atoms with Crippen molar-refractivity contribution in [2.75, 3.05) is 13.2 Å². The maximum Gasteiger partial charge on any atom is 0.326 e. The molecule has 0 saturated carbocycles. The van der Waals surface area contributed by atoms with Crippen LogP contribution in [0.15, 0.2) is 24.3 Å². The van der Waals surface area contributed by atoms with Gasteiger partial charge in [0.1, 0.15) is 17.9 Å². The van der Waals surface area contributed by atoms with Gasteiger partial charge >= 0.3 is 12.0 Å². The number of hydrogen-bond acceptors (Lipinski definition) is 5. The van der Waals surface area contributed by atoms with Crippen LogP contribution in [-0.4, -0.2) is 47.4 Å². The van der Waals surface area contributed by atoms with Gasteiger partial charge in [-0.1, -0.05) is 38.8 Å². The Labute approximate surface area is 168 Å². The molecule has 0 bridgehead atoms. The largest absolute Gasteiger partial charge is 0.454 e. The molecule has 1 saturated heterocycles. The molecule has 0 atom stereocenters. The van der Waals surface area contributed by atoms with Crippen LogP contribution in [-0.2, 0) is 25.7 Å². The van der Waals surface area contributed by atoms with Gasteiger partial charge in [-0.15, -0.1) is 0 Å². The number of nitrogens with zero attached hydrogens (tertiary/aromatic N) is 1. The monoisotopic (exact) mass is 407 g/mol. The first-order valence-electron chi connectivity index (χ1n) is 9.62. The molecule has 0 unspecified atom stereocenters. The number of carbonyl (C=O) groups excluding carboxylic acids is 4. The van der Waals surface area contributed by atoms with E-state index in [-0.39, 0.29) is 12.4 Å². The third kappa shape index (κ3) is 5.75. The van der Waals surface area contributed by atoms with Crippen molar-refractivity contribution in [2.24, 2.45) is 0 Å². The summed E-state index contributed by atoms with van der Waals surface area (Å²) in [4.78, 5) is 49.5. The van der Waals surface area contributed by atoms with E-state index in [1.54, 1.807) is 0 Å². The highest BCUT2D eigenvalue weighted by Crippen LogP contribution is 2.27. The zero-order valence-corrected chi connectivity index (χ0v) is 16.6. The molecule has 4 amide bonds. The smallest absolute Gasteiger partial charge is 0.326 e. The van der Waals surface area contributed by atoms with Crippen LogP contribution in [0.4, 0.5) is 9.18 Å². The van der Waals surface area contributed by atoms with Crippen molar-refractivity contribution in [3.8, 4) is 0 Å². The molecule has 2 N–H and O–H groups in total. The molecule has 1 fully saturated rings. The number of imide groups is 1. The number of halogens is 1. The minimum atomic E-state index is -0.979. The Balaban J connectivity index is 1.82. The van der Waals surface area contributed by atoms with E-state index in [2.05, 4.69) is 10.6 Å². The number of carbonyl (C=O) groups is 4. The molecule has 1 aromatic rings. The van der Waals surface area contributed by atoms with Crippen molar-refractivity contribution >= 4 is 23.8 Å². The normalized spacial score (nSPS) is 15.2. The molecule has 158 valence electrons. The minimum Gasteiger partial charge on any atom is -0.454 e. The summed E-state index contributed by atoms with van der Waals surface area (Å²) in [6.45, 7) is 2.89. The molecular formula is C20H26FN3O5. The predicted molar refractivity (Wildman–Crippen MR) is 102 cm³/mol. The maximum absolute atomic E-state index is 12.9. The first-order valence-corrected chi connectivity index (χ1v) is 9.62. The van der Waals surface area contributed by atoms with Gasteiger partial charge in [0.05, 0.1) is 0 Å². The van der Waals surface area contributed by atoms with E-state index in [1.165, 1.54) is 24.3 Å². The first-order chi connectivity index (χ1) is 13.8. The molecule has 2 rings (SSSR count). The molecule has 1 aliphatic rings. The van der Waals surface area contributed by atoms with E-state index in [0.29, 0.717) is 31.2 Å². The third-order valence-corrected chi connectivity index (χ3v) is 4.65. The zero-order valence-electron chi connectivity index (χ0n) is 16.6. The molecule has 0 aliphatic carbocycles. The second kappa shape index (κ2) is 9.99. The molecule has 1 aliphatic heterocycles. The summed E-state index contributed by atoms with van der Waals surface area (Å²) >= 11 is 0. The summed E-state index contributed by atoms with van der Waals surface area (Å²) in [5, 5.41) is 5.24. The van der Waals surface area contributed by atoms with Gasteiger partial charge in [0, 0.05) is 6.54 Å². The fourth-order valence-corrected chi connectivity index (χ4v) is 3.31. The van der Waals surface area contributed by atoms with Crippen LogP contribution in [0.2, 0.25) is 0 Å². The number of urea groups is 1.